The van der Waals surface area contributed by atoms with Crippen LogP contribution in [0.1, 0.15) is 57.8 Å². The molecule has 13 aromatic carbocycles. The summed E-state index contributed by atoms with van der Waals surface area (Å²) in [5.74, 6) is 3.21. The van der Waals surface area contributed by atoms with Gasteiger partial charge in [-0.2, -0.15) is 222 Å². The molecule has 1 atom stereocenters. The SMILES string of the molecule is CN1C=CN(c2[c-]c(Oc3[c-]c4c(cc3)c3cccc5c3n4-c3ncccc3C5)ccc2)[CH-]1.Cc1cccc(C)c1-c1ccc2c(n1)N(c1[c-]cccc1)[CH-]N2C.[C-]1=[N+](CCN(CCN2C=C(c3ccccc3)N(c3[c-]cccc3)[CH-]2)CCN2C=C(c3ccccc3)N(c3[c-]cccc3)[CH-]2)CC(c2ccccc2)N1c1[c-]cccc1.[Ir].[Ir].[Pt].[c-]1ccccc1N1C=CN(CCCCN2C=CN(c3[c-]cccc3)[CH-]2)[CH-]1. The minimum absolute atomic E-state index is 0. The Hall–Kier alpha value is -14.5. The van der Waals surface area contributed by atoms with Crippen molar-refractivity contribution in [2.75, 3.05) is 112 Å². The van der Waals surface area contributed by atoms with E-state index in [0.717, 1.165) is 163 Å². The van der Waals surface area contributed by atoms with Crippen LogP contribution in [0, 0.1) is 102 Å². The summed E-state index contributed by atoms with van der Waals surface area (Å²) in [5.41, 5.74) is 23.6. The van der Waals surface area contributed by atoms with E-state index in [1.54, 1.807) is 0 Å². The molecule has 732 valence electrons. The van der Waals surface area contributed by atoms with Crippen molar-refractivity contribution >= 4 is 90.9 Å². The molecule has 0 saturated heterocycles. The first-order valence-corrected chi connectivity index (χ1v) is 48.0. The number of anilines is 9. The van der Waals surface area contributed by atoms with Crippen LogP contribution >= 0.6 is 0 Å². The Morgan fingerprint density at radius 2 is 0.924 bits per heavy atom. The second-order valence-corrected chi connectivity index (χ2v) is 35.5. The van der Waals surface area contributed by atoms with E-state index in [0.29, 0.717) is 11.5 Å². The zero-order chi connectivity index (χ0) is 95.2. The molecule has 0 N–H and O–H groups in total. The Balaban J connectivity index is 0.000000135. The quantitative estimate of drug-likeness (QED) is 0.0278. The number of ether oxygens (including phenoxy) is 1. The van der Waals surface area contributed by atoms with Gasteiger partial charge in [0.1, 0.15) is 30.6 Å². The zero-order valence-electron chi connectivity index (χ0n) is 80.3. The number of pyridine rings is 2. The van der Waals surface area contributed by atoms with Gasteiger partial charge >= 0.3 is 0 Å². The van der Waals surface area contributed by atoms with Crippen LogP contribution in [0.4, 0.5) is 51.3 Å². The van der Waals surface area contributed by atoms with Crippen LogP contribution in [-0.4, -0.2) is 128 Å². The van der Waals surface area contributed by atoms with Crippen LogP contribution in [-0.2, 0) is 67.7 Å². The Kier molecular flexibility index (Phi) is 32.6. The van der Waals surface area contributed by atoms with Gasteiger partial charge in [0.05, 0.1) is 12.2 Å². The fraction of sp³-hybridized carbons (Fsp3) is 0.139. The summed E-state index contributed by atoms with van der Waals surface area (Å²) < 4.78 is 10.8. The maximum absolute atomic E-state index is 6.22. The number of hydrogen-bond acceptors (Lipinski definition) is 17. The molecule has 22 heteroatoms. The number of benzene rings is 13. The molecule has 0 bridgehead atoms. The van der Waals surface area contributed by atoms with Gasteiger partial charge in [0.15, 0.2) is 0 Å². The predicted octanol–water partition coefficient (Wildman–Crippen LogP) is 23.6. The van der Waals surface area contributed by atoms with Crippen LogP contribution in [0.15, 0.2) is 383 Å². The summed E-state index contributed by atoms with van der Waals surface area (Å²) in [6.07, 6.45) is 25.7. The number of rotatable bonds is 27. The van der Waals surface area contributed by atoms with Crippen LogP contribution < -0.4 is 43.9 Å². The van der Waals surface area contributed by atoms with Gasteiger partial charge in [-0.3, -0.25) is 4.90 Å². The first kappa shape index (κ1) is 99.6. The first-order valence-electron chi connectivity index (χ1n) is 48.0. The summed E-state index contributed by atoms with van der Waals surface area (Å²) in [6.45, 7) is 25.1. The largest absolute Gasteiger partial charge is 0.510 e. The second kappa shape index (κ2) is 47.1. The summed E-state index contributed by atoms with van der Waals surface area (Å²) >= 11 is 0. The molecule has 0 fully saturated rings. The van der Waals surface area contributed by atoms with Gasteiger partial charge in [-0.15, -0.1) is 75.5 Å². The van der Waals surface area contributed by atoms with E-state index in [1.165, 1.54) is 55.4 Å². The van der Waals surface area contributed by atoms with Crippen molar-refractivity contribution in [1.82, 2.24) is 43.9 Å². The molecule has 19 nitrogen and oxygen atoms in total. The Bertz CT molecular complexity index is 6960. The topological polar surface area (TPSA) is 88.3 Å². The predicted molar refractivity (Wildman–Crippen MR) is 568 cm³/mol. The molecule has 8 aliphatic heterocycles. The molecule has 1 unspecified atom stereocenters. The molecular formula is C122H106Ir2N18OPt-14. The van der Waals surface area contributed by atoms with E-state index >= 15 is 0 Å². The van der Waals surface area contributed by atoms with E-state index in [4.69, 9.17) is 14.7 Å². The van der Waals surface area contributed by atoms with Crippen LogP contribution in [0.25, 0.3) is 50.3 Å². The number of aromatic nitrogens is 3. The third-order valence-electron chi connectivity index (χ3n) is 25.9. The van der Waals surface area contributed by atoms with E-state index in [1.807, 2.05) is 177 Å². The molecule has 0 spiro atoms. The van der Waals surface area contributed by atoms with Gasteiger partial charge in [0.25, 0.3) is 0 Å². The third-order valence-corrected chi connectivity index (χ3v) is 25.9. The van der Waals surface area contributed by atoms with Gasteiger partial charge in [0, 0.05) is 146 Å². The normalized spacial score (nSPS) is 15.1. The molecule has 11 heterocycles. The molecular weight excluding hydrogens is 2310 g/mol. The number of para-hydroxylation sites is 7. The van der Waals surface area contributed by atoms with Gasteiger partial charge in [-0.05, 0) is 166 Å². The molecule has 3 aromatic heterocycles. The molecule has 0 aliphatic carbocycles. The minimum atomic E-state index is 0. The standard InChI is InChI=1S/C51H46N7.C28H19N4O.C22H22N4.C21H19N3.2Ir.Pt/c1-7-19-43(20-8-1)49-37-53(40-56(49)46-25-13-4-14-26-46)34-31-52(32-35-54-38-50(44-21-9-2-10-22-44)57(41-54)47-27-15-5-16-28-47)33-36-55-39-51(45-23-11-3-12-24-45)58(42-55)48-29-17-6-18-30-48;1-30-13-14-31(18-30)21-7-3-8-22(16-21)33-23-10-11-24-25-9-2-5-19-15-20-6-4-12-29-28(20)32(27(19)25)26(24)17-23;1-3-9-21(10-4-1)25-17-15-23(19-25)13-7-8-14-24-16-18-26(20-24)22-11-5-2-6-12-22;1-15-8-7-9-16(2)20(15)18-12-13-19-21(22-18)24(14-23(19)3)17-10-5-4-6-11-17;;;/h1-25,27,29,37-38,40-41,51H,31-36,39H2;2-14,18H,15H2,1H3;1-6,9,11,15-20H,7-8,13-14H2;4-10,12-14H,1-3H3;;;/q-5;-3;-4;-2;;;. The fourth-order valence-electron chi connectivity index (χ4n) is 18.8. The average molecular weight is 2420 g/mol. The van der Waals surface area contributed by atoms with Crippen molar-refractivity contribution in [3.05, 3.63) is 511 Å². The third kappa shape index (κ3) is 23.0. The van der Waals surface area contributed by atoms with Crippen LogP contribution in [0.3, 0.4) is 0 Å². The number of unbranched alkanes of at least 4 members (excludes halogenated alkanes) is 1. The Morgan fingerprint density at radius 3 is 1.49 bits per heavy atom. The molecule has 16 aromatic rings. The van der Waals surface area contributed by atoms with Gasteiger partial charge < -0.3 is 77.6 Å². The minimum Gasteiger partial charge on any atom is -0.510 e. The smallest absolute Gasteiger partial charge is 0.139 e. The summed E-state index contributed by atoms with van der Waals surface area (Å²) in [5, 5.41) is 2.37. The summed E-state index contributed by atoms with van der Waals surface area (Å²) in [7, 11) is 4.04. The molecule has 0 amide bonds. The summed E-state index contributed by atoms with van der Waals surface area (Å²) in [4.78, 5) is 40.6. The van der Waals surface area contributed by atoms with Crippen LogP contribution in [0.5, 0.6) is 11.5 Å². The number of hydrogen-bond donors (Lipinski definition) is 0. The van der Waals surface area contributed by atoms with Crippen LogP contribution in [0.2, 0.25) is 0 Å². The number of fused-ring (bicyclic) bond motifs is 6. The average Bonchev–Trinajstić information content (AvgIpc) is 1.56. The Labute approximate surface area is 889 Å². The van der Waals surface area contributed by atoms with Crippen molar-refractivity contribution in [2.24, 2.45) is 0 Å². The van der Waals surface area contributed by atoms with Gasteiger partial charge in [-0.1, -0.05) is 139 Å². The second-order valence-electron chi connectivity index (χ2n) is 35.5. The number of aryl methyl sites for hydroxylation is 2. The molecule has 144 heavy (non-hydrogen) atoms. The molecule has 2 radical (unpaired) electrons. The van der Waals surface area contributed by atoms with E-state index in [2.05, 4.69) is 407 Å². The van der Waals surface area contributed by atoms with Crippen molar-refractivity contribution in [3.8, 4) is 28.6 Å². The summed E-state index contributed by atoms with van der Waals surface area (Å²) in [6, 6.07) is 139. The van der Waals surface area contributed by atoms with Gasteiger partial charge in [-0.25, -0.2) is 22.1 Å². The molecule has 8 aliphatic rings. The van der Waals surface area contributed by atoms with Crippen molar-refractivity contribution < 1.29 is 70.6 Å². The zero-order valence-corrected chi connectivity index (χ0v) is 87.4. The maximum Gasteiger partial charge on any atom is 0.139 e. The van der Waals surface area contributed by atoms with Crippen molar-refractivity contribution in [1.29, 1.82) is 0 Å². The Morgan fingerprint density at radius 1 is 0.417 bits per heavy atom. The number of nitrogens with zero attached hydrogens (tertiary/aromatic N) is 18. The maximum atomic E-state index is 6.22. The molecule has 0 saturated carbocycles. The monoisotopic (exact) mass is 2420 g/mol. The fourth-order valence-corrected chi connectivity index (χ4v) is 18.8. The van der Waals surface area contributed by atoms with Crippen molar-refractivity contribution in [3.63, 3.8) is 0 Å². The van der Waals surface area contributed by atoms with E-state index in [9.17, 15) is 0 Å². The molecule has 24 rings (SSSR count). The van der Waals surface area contributed by atoms with Gasteiger partial charge in [0.2, 0.25) is 0 Å². The van der Waals surface area contributed by atoms with E-state index < -0.39 is 0 Å². The van der Waals surface area contributed by atoms with Crippen molar-refractivity contribution in [2.45, 2.75) is 39.2 Å². The van der Waals surface area contributed by atoms with E-state index in [-0.39, 0.29) is 67.3 Å². The first-order chi connectivity index (χ1) is 69.5.